The fourth-order valence-corrected chi connectivity index (χ4v) is 1.60. The Morgan fingerprint density at radius 2 is 2.00 bits per heavy atom. The molecule has 0 aromatic carbocycles. The molecular weight excluding hydrogens is 240 g/mol. The largest absolute Gasteiger partial charge is 0.370 e. The molecule has 0 radical (unpaired) electrons. The highest BCUT2D eigenvalue weighted by Crippen LogP contribution is 2.20. The Kier molecular flexibility index (Phi) is 7.99. The molecule has 9 nitrogen and oxygen atoms in total. The number of nitrogens with two attached hydrogens (primary N) is 2. The maximum absolute atomic E-state index is 8.36. The first-order chi connectivity index (χ1) is 8.45. The lowest BCUT2D eigenvalue weighted by Crippen LogP contribution is -2.30. The molecule has 1 aliphatic rings. The van der Waals surface area contributed by atoms with Gasteiger partial charge in [0.25, 0.3) is 5.09 Å². The quantitative estimate of drug-likeness (QED) is 0.234. The highest BCUT2D eigenvalue weighted by atomic mass is 16.9. The first-order valence-electron chi connectivity index (χ1n) is 5.70. The number of guanidine groups is 2. The molecule has 1 fully saturated rings. The third-order valence-electron chi connectivity index (χ3n) is 2.20. The first-order valence-corrected chi connectivity index (χ1v) is 5.70. The highest BCUT2D eigenvalue weighted by Gasteiger charge is 2.14. The second-order valence-corrected chi connectivity index (χ2v) is 3.70. The number of rotatable bonds is 2. The molecule has 0 amide bonds. The van der Waals surface area contributed by atoms with Gasteiger partial charge in [0.2, 0.25) is 5.96 Å². The zero-order chi connectivity index (χ0) is 14.0. The van der Waals surface area contributed by atoms with Crippen molar-refractivity contribution in [1.82, 2.24) is 5.32 Å². The van der Waals surface area contributed by atoms with Crippen molar-refractivity contribution in [3.8, 4) is 0 Å². The second kappa shape index (κ2) is 9.02. The molecular formula is C9H20N6O3. The van der Waals surface area contributed by atoms with Gasteiger partial charge in [0, 0.05) is 6.54 Å². The van der Waals surface area contributed by atoms with Crippen LogP contribution in [0.1, 0.15) is 32.6 Å². The third kappa shape index (κ3) is 9.19. The fourth-order valence-electron chi connectivity index (χ4n) is 1.60. The molecule has 0 bridgehead atoms. The van der Waals surface area contributed by atoms with Gasteiger partial charge in [-0.15, -0.1) is 10.1 Å². The van der Waals surface area contributed by atoms with E-state index in [-0.39, 0.29) is 5.96 Å². The maximum atomic E-state index is 8.36. The molecule has 1 saturated carbocycles. The minimum Gasteiger partial charge on any atom is -0.370 e. The summed E-state index contributed by atoms with van der Waals surface area (Å²) in [6, 6.07) is 0.396. The molecule has 0 aliphatic heterocycles. The molecule has 104 valence electrons. The molecule has 1 rings (SSSR count). The number of hydrogen-bond acceptors (Lipinski definition) is 3. The van der Waals surface area contributed by atoms with E-state index in [1.54, 1.807) is 0 Å². The van der Waals surface area contributed by atoms with Crippen LogP contribution in [0.15, 0.2) is 9.98 Å². The van der Waals surface area contributed by atoms with Crippen molar-refractivity contribution >= 4 is 11.9 Å². The lowest BCUT2D eigenvalue weighted by Gasteiger charge is -2.06. The van der Waals surface area contributed by atoms with Crippen LogP contribution in [0, 0.1) is 10.1 Å². The molecule has 6 N–H and O–H groups in total. The minimum atomic E-state index is -1.50. The van der Waals surface area contributed by atoms with E-state index in [1.165, 1.54) is 12.8 Å². The van der Waals surface area contributed by atoms with Crippen LogP contribution in [0.5, 0.6) is 0 Å². The van der Waals surface area contributed by atoms with Gasteiger partial charge in [0.05, 0.1) is 6.04 Å². The van der Waals surface area contributed by atoms with Gasteiger partial charge in [-0.05, 0) is 19.8 Å². The zero-order valence-corrected chi connectivity index (χ0v) is 10.4. The summed E-state index contributed by atoms with van der Waals surface area (Å²) in [5, 5.41) is 16.7. The Morgan fingerprint density at radius 3 is 2.39 bits per heavy atom. The highest BCUT2D eigenvalue weighted by molar-refractivity contribution is 5.93. The summed E-state index contributed by atoms with van der Waals surface area (Å²) in [5.41, 5.74) is 10.6. The maximum Gasteiger partial charge on any atom is 0.291 e. The number of nitrogens with one attached hydrogen (secondary N) is 1. The van der Waals surface area contributed by atoms with Gasteiger partial charge in [-0.3, -0.25) is 0 Å². The van der Waals surface area contributed by atoms with Crippen LogP contribution in [-0.4, -0.2) is 34.8 Å². The molecule has 0 heterocycles. The van der Waals surface area contributed by atoms with Crippen molar-refractivity contribution in [1.29, 1.82) is 0 Å². The van der Waals surface area contributed by atoms with Gasteiger partial charge < -0.3 is 22.0 Å². The van der Waals surface area contributed by atoms with Gasteiger partial charge in [0.15, 0.2) is 5.96 Å². The first kappa shape index (κ1) is 15.9. The van der Waals surface area contributed by atoms with Crippen LogP contribution in [0.4, 0.5) is 0 Å². The van der Waals surface area contributed by atoms with E-state index in [4.69, 9.17) is 26.8 Å². The van der Waals surface area contributed by atoms with Crippen LogP contribution >= 0.6 is 0 Å². The van der Waals surface area contributed by atoms with Gasteiger partial charge in [-0.1, -0.05) is 12.8 Å². The van der Waals surface area contributed by atoms with Crippen molar-refractivity contribution in [3.63, 3.8) is 0 Å². The van der Waals surface area contributed by atoms with Gasteiger partial charge >= 0.3 is 0 Å². The predicted octanol–water partition coefficient (Wildman–Crippen LogP) is -0.180. The van der Waals surface area contributed by atoms with E-state index in [0.29, 0.717) is 12.0 Å². The number of hydrogen-bond donors (Lipinski definition) is 4. The second-order valence-electron chi connectivity index (χ2n) is 3.70. The smallest absolute Gasteiger partial charge is 0.291 e. The van der Waals surface area contributed by atoms with Crippen LogP contribution in [-0.2, 0) is 0 Å². The van der Waals surface area contributed by atoms with E-state index >= 15 is 0 Å². The molecule has 0 aromatic rings. The SMILES string of the molecule is CCNC(N=C(N)N)=NC1CCCC1.O=[N+]([O-])O. The summed E-state index contributed by atoms with van der Waals surface area (Å²) in [4.78, 5) is 16.8. The van der Waals surface area contributed by atoms with E-state index in [9.17, 15) is 0 Å². The molecule has 18 heavy (non-hydrogen) atoms. The minimum absolute atomic E-state index is 0.0581. The number of nitrogens with zero attached hydrogens (tertiary/aromatic N) is 3. The summed E-state index contributed by atoms with van der Waals surface area (Å²) in [5.74, 6) is 0.627. The Bertz CT molecular complexity index is 303. The summed E-state index contributed by atoms with van der Waals surface area (Å²) < 4.78 is 0. The Hall–Kier alpha value is -2.06. The molecule has 0 spiro atoms. The van der Waals surface area contributed by atoms with Crippen molar-refractivity contribution in [2.75, 3.05) is 6.54 Å². The van der Waals surface area contributed by atoms with Crippen LogP contribution in [0.3, 0.4) is 0 Å². The summed E-state index contributed by atoms with van der Waals surface area (Å²) in [7, 11) is 0. The molecule has 0 unspecified atom stereocenters. The third-order valence-corrected chi connectivity index (χ3v) is 2.20. The average molecular weight is 260 g/mol. The summed E-state index contributed by atoms with van der Waals surface area (Å²) in [6.07, 6.45) is 4.81. The lowest BCUT2D eigenvalue weighted by atomic mass is 10.3. The lowest BCUT2D eigenvalue weighted by molar-refractivity contribution is -0.742. The van der Waals surface area contributed by atoms with Crippen molar-refractivity contribution < 1.29 is 10.3 Å². The monoisotopic (exact) mass is 260 g/mol. The molecule has 0 saturated heterocycles. The Morgan fingerprint density at radius 1 is 1.50 bits per heavy atom. The zero-order valence-electron chi connectivity index (χ0n) is 10.4. The Labute approximate surface area is 105 Å². The van der Waals surface area contributed by atoms with E-state index in [0.717, 1.165) is 19.4 Å². The van der Waals surface area contributed by atoms with Crippen LogP contribution in [0.25, 0.3) is 0 Å². The standard InChI is InChI=1S/C9H19N5.HNO3/c1-2-12-9(14-8(10)11)13-7-5-3-4-6-7;2-1(3)4/h7H,2-6H2,1H3,(H5,10,11,12,13,14);(H,2,3,4). The van der Waals surface area contributed by atoms with Crippen LogP contribution < -0.4 is 16.8 Å². The van der Waals surface area contributed by atoms with E-state index in [1.807, 2.05) is 6.92 Å². The van der Waals surface area contributed by atoms with Crippen molar-refractivity contribution in [2.24, 2.45) is 21.5 Å². The molecule has 1 aliphatic carbocycles. The van der Waals surface area contributed by atoms with Crippen molar-refractivity contribution in [3.05, 3.63) is 10.1 Å². The summed E-state index contributed by atoms with van der Waals surface area (Å²) in [6.45, 7) is 2.77. The fraction of sp³-hybridized carbons (Fsp3) is 0.778. The number of aliphatic imine (C=N–C) groups is 2. The molecule has 0 aromatic heterocycles. The Balaban J connectivity index is 0.000000631. The molecule has 9 heteroatoms. The predicted molar refractivity (Wildman–Crippen MR) is 68.0 cm³/mol. The van der Waals surface area contributed by atoms with Gasteiger partial charge in [-0.2, -0.15) is 4.99 Å². The topological polar surface area (TPSA) is 152 Å². The summed E-state index contributed by atoms with van der Waals surface area (Å²) >= 11 is 0. The molecule has 0 atom stereocenters. The average Bonchev–Trinajstić information content (AvgIpc) is 2.68. The normalized spacial score (nSPS) is 15.5. The van der Waals surface area contributed by atoms with E-state index in [2.05, 4.69) is 15.3 Å². The van der Waals surface area contributed by atoms with Crippen LogP contribution in [0.2, 0.25) is 0 Å². The van der Waals surface area contributed by atoms with Gasteiger partial charge in [-0.25, -0.2) is 4.99 Å². The van der Waals surface area contributed by atoms with E-state index < -0.39 is 5.09 Å². The van der Waals surface area contributed by atoms with Crippen molar-refractivity contribution in [2.45, 2.75) is 38.6 Å². The van der Waals surface area contributed by atoms with Gasteiger partial charge in [0.1, 0.15) is 0 Å².